The Balaban J connectivity index is 0.000000161. The Morgan fingerprint density at radius 2 is 1.00 bits per heavy atom. The minimum absolute atomic E-state index is 0.0752. The van der Waals surface area contributed by atoms with Crippen molar-refractivity contribution in [2.24, 2.45) is 0 Å². The third-order valence-electron chi connectivity index (χ3n) is 4.76. The summed E-state index contributed by atoms with van der Waals surface area (Å²) in [5, 5.41) is 0. The van der Waals surface area contributed by atoms with Crippen molar-refractivity contribution in [2.75, 3.05) is 0 Å². The molecular weight excluding hydrogens is 340 g/mol. The van der Waals surface area contributed by atoms with Crippen LogP contribution in [0, 0.1) is 13.8 Å². The second-order valence-electron chi connectivity index (χ2n) is 6.67. The van der Waals surface area contributed by atoms with E-state index in [1.807, 2.05) is 60.7 Å². The number of carbonyl (C=O) groups is 1. The van der Waals surface area contributed by atoms with E-state index in [2.05, 4.69) is 62.4 Å². The second kappa shape index (κ2) is 9.48. The number of hydrogen-bond acceptors (Lipinski definition) is 1. The second-order valence-corrected chi connectivity index (χ2v) is 6.67. The molecule has 0 heterocycles. The number of hydrogen-bond donors (Lipinski definition) is 0. The van der Waals surface area contributed by atoms with Crippen molar-refractivity contribution in [2.45, 2.75) is 13.8 Å². The zero-order chi connectivity index (χ0) is 19.8. The fraction of sp³-hybridized carbons (Fsp3) is 0.0741. The molecule has 4 aromatic carbocycles. The molecular formula is C27H24O. The lowest BCUT2D eigenvalue weighted by atomic mass is 9.97. The Kier molecular flexibility index (Phi) is 6.54. The van der Waals surface area contributed by atoms with Gasteiger partial charge in [0.1, 0.15) is 0 Å². The molecule has 0 aliphatic heterocycles. The number of aryl methyl sites for hydroxylation is 1. The molecule has 0 saturated carbocycles. The van der Waals surface area contributed by atoms with Crippen LogP contribution < -0.4 is 0 Å². The van der Waals surface area contributed by atoms with Crippen LogP contribution in [0.25, 0.3) is 11.1 Å². The van der Waals surface area contributed by atoms with Gasteiger partial charge in [-0.2, -0.15) is 0 Å². The van der Waals surface area contributed by atoms with E-state index < -0.39 is 0 Å². The number of benzene rings is 4. The van der Waals surface area contributed by atoms with E-state index in [0.717, 1.165) is 11.1 Å². The molecule has 0 aromatic heterocycles. The first-order valence-electron chi connectivity index (χ1n) is 9.43. The first-order valence-corrected chi connectivity index (χ1v) is 9.43. The van der Waals surface area contributed by atoms with Crippen molar-refractivity contribution < 1.29 is 4.79 Å². The summed E-state index contributed by atoms with van der Waals surface area (Å²) in [5.41, 5.74) is 6.83. The van der Waals surface area contributed by atoms with E-state index in [9.17, 15) is 4.79 Å². The molecule has 0 saturated heterocycles. The molecule has 4 aromatic rings. The molecule has 0 N–H and O–H groups in total. The van der Waals surface area contributed by atoms with Gasteiger partial charge in [-0.3, -0.25) is 4.79 Å². The summed E-state index contributed by atoms with van der Waals surface area (Å²) in [7, 11) is 0. The topological polar surface area (TPSA) is 17.1 Å². The van der Waals surface area contributed by atoms with Crippen LogP contribution in [0.3, 0.4) is 0 Å². The lowest BCUT2D eigenvalue weighted by Crippen LogP contribution is -1.99. The van der Waals surface area contributed by atoms with Gasteiger partial charge in [-0.15, -0.1) is 0 Å². The largest absolute Gasteiger partial charge is 0.289 e. The van der Waals surface area contributed by atoms with E-state index in [-0.39, 0.29) is 5.78 Å². The van der Waals surface area contributed by atoms with Gasteiger partial charge in [-0.25, -0.2) is 0 Å². The Morgan fingerprint density at radius 3 is 1.50 bits per heavy atom. The molecule has 1 nitrogen and oxygen atoms in total. The van der Waals surface area contributed by atoms with E-state index in [1.165, 1.54) is 22.3 Å². The number of carbonyl (C=O) groups excluding carboxylic acids is 1. The third-order valence-corrected chi connectivity index (χ3v) is 4.76. The molecule has 0 spiro atoms. The van der Waals surface area contributed by atoms with Crippen molar-refractivity contribution in [1.82, 2.24) is 0 Å². The van der Waals surface area contributed by atoms with Crippen LogP contribution in [0.15, 0.2) is 109 Å². The van der Waals surface area contributed by atoms with Crippen molar-refractivity contribution in [3.8, 4) is 11.1 Å². The van der Waals surface area contributed by atoms with Gasteiger partial charge in [-0.1, -0.05) is 109 Å². The van der Waals surface area contributed by atoms with Gasteiger partial charge >= 0.3 is 0 Å². The molecule has 0 amide bonds. The predicted octanol–water partition coefficient (Wildman–Crippen LogP) is 6.89. The average Bonchev–Trinajstić information content (AvgIpc) is 2.77. The maximum atomic E-state index is 11.8. The zero-order valence-electron chi connectivity index (χ0n) is 16.3. The molecule has 0 unspecified atom stereocenters. The SMILES string of the molecule is Cc1cccc(-c2ccccc2)c1C.O=C(c1ccccc1)c1ccccc1. The van der Waals surface area contributed by atoms with Crippen LogP contribution in [-0.2, 0) is 0 Å². The molecule has 0 aliphatic carbocycles. The van der Waals surface area contributed by atoms with Gasteiger partial charge in [0.05, 0.1) is 0 Å². The molecule has 1 heteroatoms. The van der Waals surface area contributed by atoms with Gasteiger partial charge in [0.2, 0.25) is 0 Å². The molecule has 0 bridgehead atoms. The highest BCUT2D eigenvalue weighted by Gasteiger charge is 2.06. The Morgan fingerprint density at radius 1 is 0.536 bits per heavy atom. The van der Waals surface area contributed by atoms with Crippen LogP contribution >= 0.6 is 0 Å². The highest BCUT2D eigenvalue weighted by molar-refractivity contribution is 6.08. The molecule has 0 atom stereocenters. The van der Waals surface area contributed by atoms with E-state index in [4.69, 9.17) is 0 Å². The Bertz CT molecular complexity index is 978. The van der Waals surface area contributed by atoms with Gasteiger partial charge in [0.25, 0.3) is 0 Å². The van der Waals surface area contributed by atoms with Gasteiger partial charge in [-0.05, 0) is 36.1 Å². The number of ketones is 1. The molecule has 0 radical (unpaired) electrons. The molecule has 28 heavy (non-hydrogen) atoms. The Labute approximate surface area is 167 Å². The quantitative estimate of drug-likeness (QED) is 0.362. The maximum Gasteiger partial charge on any atom is 0.193 e. The first kappa shape index (κ1) is 19.3. The zero-order valence-corrected chi connectivity index (χ0v) is 16.3. The maximum absolute atomic E-state index is 11.8. The molecule has 138 valence electrons. The number of rotatable bonds is 3. The summed E-state index contributed by atoms with van der Waals surface area (Å²) >= 11 is 0. The molecule has 0 aliphatic rings. The third kappa shape index (κ3) is 4.83. The summed E-state index contributed by atoms with van der Waals surface area (Å²) < 4.78 is 0. The van der Waals surface area contributed by atoms with Crippen molar-refractivity contribution in [3.63, 3.8) is 0 Å². The van der Waals surface area contributed by atoms with Gasteiger partial charge in [0, 0.05) is 11.1 Å². The van der Waals surface area contributed by atoms with Crippen LogP contribution in [-0.4, -0.2) is 5.78 Å². The smallest absolute Gasteiger partial charge is 0.193 e. The van der Waals surface area contributed by atoms with E-state index >= 15 is 0 Å². The van der Waals surface area contributed by atoms with Crippen LogP contribution in [0.1, 0.15) is 27.0 Å². The summed E-state index contributed by atoms with van der Waals surface area (Å²) in [5.74, 6) is 0.0752. The highest BCUT2D eigenvalue weighted by atomic mass is 16.1. The normalized spacial score (nSPS) is 9.93. The van der Waals surface area contributed by atoms with Crippen LogP contribution in [0.2, 0.25) is 0 Å². The van der Waals surface area contributed by atoms with Crippen molar-refractivity contribution in [1.29, 1.82) is 0 Å². The predicted molar refractivity (Wildman–Crippen MR) is 118 cm³/mol. The summed E-state index contributed by atoms with van der Waals surface area (Å²) in [4.78, 5) is 11.8. The minimum atomic E-state index is 0.0752. The van der Waals surface area contributed by atoms with Crippen LogP contribution in [0.5, 0.6) is 0 Å². The lowest BCUT2D eigenvalue weighted by molar-refractivity contribution is 0.103. The molecule has 0 fully saturated rings. The van der Waals surface area contributed by atoms with Crippen molar-refractivity contribution >= 4 is 5.78 Å². The Hall–Kier alpha value is -3.45. The van der Waals surface area contributed by atoms with Crippen molar-refractivity contribution in [3.05, 3.63) is 131 Å². The fourth-order valence-corrected chi connectivity index (χ4v) is 3.03. The highest BCUT2D eigenvalue weighted by Crippen LogP contribution is 2.24. The molecule has 4 rings (SSSR count). The summed E-state index contributed by atoms with van der Waals surface area (Å²) in [6, 6.07) is 35.6. The van der Waals surface area contributed by atoms with Gasteiger partial charge in [0.15, 0.2) is 5.78 Å². The first-order chi connectivity index (χ1) is 13.7. The summed E-state index contributed by atoms with van der Waals surface area (Å²) in [6.07, 6.45) is 0. The standard InChI is InChI=1S/C14H14.C13H10O/c1-11-7-6-10-14(12(11)2)13-8-4-3-5-9-13;14-13(11-7-3-1-4-8-11)12-9-5-2-6-10-12/h3-10H,1-2H3;1-10H. The van der Waals surface area contributed by atoms with Gasteiger partial charge < -0.3 is 0 Å². The van der Waals surface area contributed by atoms with E-state index in [0.29, 0.717) is 0 Å². The van der Waals surface area contributed by atoms with E-state index in [1.54, 1.807) is 0 Å². The average molecular weight is 364 g/mol. The monoisotopic (exact) mass is 364 g/mol. The van der Waals surface area contributed by atoms with Crippen LogP contribution in [0.4, 0.5) is 0 Å². The lowest BCUT2D eigenvalue weighted by Gasteiger charge is -2.07. The minimum Gasteiger partial charge on any atom is -0.289 e. The fourth-order valence-electron chi connectivity index (χ4n) is 3.03. The summed E-state index contributed by atoms with van der Waals surface area (Å²) in [6.45, 7) is 4.33.